The molecule has 6 nitrogen and oxygen atoms in total. The van der Waals surface area contributed by atoms with Gasteiger partial charge in [-0.2, -0.15) is 0 Å². The lowest BCUT2D eigenvalue weighted by molar-refractivity contribution is -0.136. The monoisotopic (exact) mass is 342 g/mol. The third kappa shape index (κ3) is 3.54. The molecular weight excluding hydrogens is 320 g/mol. The van der Waals surface area contributed by atoms with Crippen molar-refractivity contribution in [2.45, 2.75) is 25.8 Å². The first-order valence-electron chi connectivity index (χ1n) is 7.63. The van der Waals surface area contributed by atoms with Gasteiger partial charge in [-0.15, -0.1) is 12.4 Å². The van der Waals surface area contributed by atoms with Gasteiger partial charge >= 0.3 is 0 Å². The summed E-state index contributed by atoms with van der Waals surface area (Å²) in [6.45, 7) is 3.72. The topological polar surface area (TPSA) is 82.8 Å². The van der Waals surface area contributed by atoms with Crippen LogP contribution in [0.5, 0.6) is 11.5 Å². The van der Waals surface area contributed by atoms with Gasteiger partial charge < -0.3 is 25.3 Å². The van der Waals surface area contributed by atoms with Crippen molar-refractivity contribution in [3.63, 3.8) is 0 Å². The lowest BCUT2D eigenvalue weighted by atomic mass is 9.79. The minimum atomic E-state index is -0.511. The predicted octanol–water partition coefficient (Wildman–Crippen LogP) is 1.77. The molecule has 0 spiro atoms. The molecule has 23 heavy (non-hydrogen) atoms. The third-order valence-electron chi connectivity index (χ3n) is 4.57. The zero-order valence-electron chi connectivity index (χ0n) is 13.2. The number of carbonyl (C=O) groups excluding carboxylic acids is 1. The van der Waals surface area contributed by atoms with Crippen molar-refractivity contribution in [3.8, 4) is 11.5 Å². The zero-order chi connectivity index (χ0) is 15.6. The minimum absolute atomic E-state index is 0. The minimum Gasteiger partial charge on any atom is -0.454 e. The molecule has 128 valence electrons. The zero-order valence-corrected chi connectivity index (χ0v) is 14.0. The Morgan fingerprint density at radius 3 is 2.70 bits per heavy atom. The first-order valence-corrected chi connectivity index (χ1v) is 7.63. The summed E-state index contributed by atoms with van der Waals surface area (Å²) in [6, 6.07) is 5.60. The second-order valence-corrected chi connectivity index (χ2v) is 5.90. The number of rotatable bonds is 4. The van der Waals surface area contributed by atoms with Crippen molar-refractivity contribution in [3.05, 3.63) is 23.8 Å². The van der Waals surface area contributed by atoms with Crippen molar-refractivity contribution in [1.29, 1.82) is 0 Å². The highest BCUT2D eigenvalue weighted by molar-refractivity contribution is 5.85. The Labute approximate surface area is 142 Å². The van der Waals surface area contributed by atoms with Gasteiger partial charge in [0.1, 0.15) is 0 Å². The van der Waals surface area contributed by atoms with Crippen LogP contribution in [0.25, 0.3) is 0 Å². The van der Waals surface area contributed by atoms with Crippen LogP contribution in [0.3, 0.4) is 0 Å². The number of benzene rings is 1. The molecule has 1 aromatic rings. The van der Waals surface area contributed by atoms with Gasteiger partial charge in [-0.25, -0.2) is 0 Å². The van der Waals surface area contributed by atoms with Gasteiger partial charge in [0.05, 0.1) is 11.5 Å². The van der Waals surface area contributed by atoms with Crippen molar-refractivity contribution in [2.75, 3.05) is 26.6 Å². The van der Waals surface area contributed by atoms with Gasteiger partial charge in [0.15, 0.2) is 11.5 Å². The van der Waals surface area contributed by atoms with Gasteiger partial charge in [0, 0.05) is 19.8 Å². The highest BCUT2D eigenvalue weighted by Gasteiger charge is 2.39. The first kappa shape index (κ1) is 17.8. The molecular formula is C16H23ClN2O4. The van der Waals surface area contributed by atoms with Crippen LogP contribution in [0.15, 0.2) is 18.2 Å². The molecule has 2 heterocycles. The second-order valence-electron chi connectivity index (χ2n) is 5.90. The van der Waals surface area contributed by atoms with E-state index in [1.54, 1.807) is 0 Å². The number of carbonyl (C=O) groups is 1. The molecule has 0 aliphatic carbocycles. The van der Waals surface area contributed by atoms with E-state index in [1.807, 2.05) is 25.1 Å². The fraction of sp³-hybridized carbons (Fsp3) is 0.562. The number of fused-ring (bicyclic) bond motifs is 1. The fourth-order valence-electron chi connectivity index (χ4n) is 2.90. The van der Waals surface area contributed by atoms with Crippen molar-refractivity contribution in [2.24, 2.45) is 11.1 Å². The van der Waals surface area contributed by atoms with Crippen LogP contribution in [0, 0.1) is 5.41 Å². The molecule has 1 atom stereocenters. The summed E-state index contributed by atoms with van der Waals surface area (Å²) in [5.74, 6) is 1.46. The Hall–Kier alpha value is -1.50. The van der Waals surface area contributed by atoms with E-state index in [0.29, 0.717) is 32.6 Å². The standard InChI is InChI=1S/C16H22N2O4.ClH/c1-11(12-2-3-13-14(8-12)22-10-21-13)18-15(19)16(9-17)4-6-20-7-5-16;/h2-3,8,11H,4-7,9-10,17H2,1H3,(H,18,19);1H. The Bertz CT molecular complexity index is 561. The van der Waals surface area contributed by atoms with Crippen LogP contribution < -0.4 is 20.5 Å². The molecule has 3 N–H and O–H groups in total. The number of halogens is 1. The molecule has 1 unspecified atom stereocenters. The van der Waals surface area contributed by atoms with E-state index >= 15 is 0 Å². The Morgan fingerprint density at radius 1 is 1.30 bits per heavy atom. The maximum absolute atomic E-state index is 12.7. The van der Waals surface area contributed by atoms with Crippen LogP contribution in [-0.4, -0.2) is 32.5 Å². The smallest absolute Gasteiger partial charge is 0.231 e. The molecule has 1 aromatic carbocycles. The van der Waals surface area contributed by atoms with E-state index in [1.165, 1.54) is 0 Å². The number of nitrogens with two attached hydrogens (primary N) is 1. The average molecular weight is 343 g/mol. The van der Waals surface area contributed by atoms with E-state index in [9.17, 15) is 4.79 Å². The molecule has 1 amide bonds. The summed E-state index contributed by atoms with van der Waals surface area (Å²) in [7, 11) is 0. The van der Waals surface area contributed by atoms with Crippen LogP contribution in [0.4, 0.5) is 0 Å². The molecule has 1 fully saturated rings. The number of ether oxygens (including phenoxy) is 3. The number of hydrogen-bond donors (Lipinski definition) is 2. The second kappa shape index (κ2) is 7.38. The lowest BCUT2D eigenvalue weighted by Gasteiger charge is -2.35. The third-order valence-corrected chi connectivity index (χ3v) is 4.57. The van der Waals surface area contributed by atoms with Gasteiger partial charge in [-0.05, 0) is 37.5 Å². The predicted molar refractivity (Wildman–Crippen MR) is 87.9 cm³/mol. The maximum Gasteiger partial charge on any atom is 0.231 e. The van der Waals surface area contributed by atoms with E-state index < -0.39 is 5.41 Å². The van der Waals surface area contributed by atoms with Gasteiger partial charge in [-0.1, -0.05) is 6.07 Å². The van der Waals surface area contributed by atoms with Gasteiger partial charge in [-0.3, -0.25) is 4.79 Å². The molecule has 1 saturated heterocycles. The van der Waals surface area contributed by atoms with E-state index in [-0.39, 0.29) is 31.1 Å². The van der Waals surface area contributed by atoms with Crippen LogP contribution in [-0.2, 0) is 9.53 Å². The molecule has 7 heteroatoms. The first-order chi connectivity index (χ1) is 10.6. The van der Waals surface area contributed by atoms with Crippen molar-refractivity contribution in [1.82, 2.24) is 5.32 Å². The lowest BCUT2D eigenvalue weighted by Crippen LogP contribution is -2.49. The van der Waals surface area contributed by atoms with Crippen molar-refractivity contribution < 1.29 is 19.0 Å². The van der Waals surface area contributed by atoms with Crippen LogP contribution in [0.2, 0.25) is 0 Å². The highest BCUT2D eigenvalue weighted by atomic mass is 35.5. The quantitative estimate of drug-likeness (QED) is 0.871. The van der Waals surface area contributed by atoms with E-state index in [0.717, 1.165) is 17.1 Å². The van der Waals surface area contributed by atoms with Gasteiger partial charge in [0.25, 0.3) is 0 Å². The SMILES string of the molecule is CC(NC(=O)C1(CN)CCOCC1)c1ccc2c(c1)OCO2.Cl. The normalized spacial score (nSPS) is 19.6. The van der Waals surface area contributed by atoms with Gasteiger partial charge in [0.2, 0.25) is 12.7 Å². The Kier molecular flexibility index (Phi) is 5.73. The molecule has 2 aliphatic rings. The Morgan fingerprint density at radius 2 is 2.00 bits per heavy atom. The summed E-state index contributed by atoms with van der Waals surface area (Å²) in [5.41, 5.74) is 6.35. The summed E-state index contributed by atoms with van der Waals surface area (Å²) >= 11 is 0. The van der Waals surface area contributed by atoms with E-state index in [2.05, 4.69) is 5.32 Å². The molecule has 2 aliphatic heterocycles. The fourth-order valence-corrected chi connectivity index (χ4v) is 2.90. The summed E-state index contributed by atoms with van der Waals surface area (Å²) in [4.78, 5) is 12.7. The maximum atomic E-state index is 12.7. The van der Waals surface area contributed by atoms with Crippen molar-refractivity contribution >= 4 is 18.3 Å². The number of nitrogens with one attached hydrogen (secondary N) is 1. The highest BCUT2D eigenvalue weighted by Crippen LogP contribution is 2.35. The molecule has 0 aromatic heterocycles. The van der Waals surface area contributed by atoms with E-state index in [4.69, 9.17) is 19.9 Å². The molecule has 0 bridgehead atoms. The molecule has 0 saturated carbocycles. The van der Waals surface area contributed by atoms with Crippen LogP contribution in [0.1, 0.15) is 31.4 Å². The summed E-state index contributed by atoms with van der Waals surface area (Å²) < 4.78 is 16.0. The summed E-state index contributed by atoms with van der Waals surface area (Å²) in [5, 5.41) is 3.08. The van der Waals surface area contributed by atoms with Crippen LogP contribution >= 0.6 is 12.4 Å². The summed E-state index contributed by atoms with van der Waals surface area (Å²) in [6.07, 6.45) is 1.34. The molecule has 3 rings (SSSR count). The average Bonchev–Trinajstić information content (AvgIpc) is 3.02. The number of hydrogen-bond acceptors (Lipinski definition) is 5. The number of amides is 1. The Balaban J connectivity index is 0.00000192. The largest absolute Gasteiger partial charge is 0.454 e. The molecule has 0 radical (unpaired) electrons.